The Morgan fingerprint density at radius 3 is 2.04 bits per heavy atom. The molecule has 1 aliphatic heterocycles. The number of hydrogen-bond donors (Lipinski definition) is 11. The Labute approximate surface area is 427 Å². The summed E-state index contributed by atoms with van der Waals surface area (Å²) < 4.78 is 64.4. The van der Waals surface area contributed by atoms with E-state index < -0.39 is 83.9 Å². The lowest BCUT2D eigenvalue weighted by Crippen LogP contribution is -2.57. The average molecular weight is 1130 g/mol. The second-order valence-electron chi connectivity index (χ2n) is 19.3. The Balaban J connectivity index is 1.35. The van der Waals surface area contributed by atoms with E-state index in [0.29, 0.717) is 18.1 Å². The Morgan fingerprint density at radius 1 is 0.849 bits per heavy atom. The highest BCUT2D eigenvalue weighted by Crippen LogP contribution is 2.54. The molecule has 1 saturated heterocycles. The smallest absolute Gasteiger partial charge is 0.386 e. The van der Waals surface area contributed by atoms with Gasteiger partial charge in [0.2, 0.25) is 11.8 Å². The number of nitrogens with zero attached hydrogens (tertiary/aromatic N) is 4. The number of anilines is 1. The fourth-order valence-corrected chi connectivity index (χ4v) is 10.2. The summed E-state index contributed by atoms with van der Waals surface area (Å²) in [6.07, 6.45) is 3.42. The van der Waals surface area contributed by atoms with Crippen LogP contribution in [0.25, 0.3) is 11.2 Å². The molecule has 3 heterocycles. The van der Waals surface area contributed by atoms with Crippen molar-refractivity contribution in [3.63, 3.8) is 0 Å². The van der Waals surface area contributed by atoms with Crippen LogP contribution >= 0.6 is 35.2 Å². The molecule has 1 fully saturated rings. The summed E-state index contributed by atoms with van der Waals surface area (Å²) in [4.78, 5) is 92.4. The number of nitrogens with two attached hydrogens (primary N) is 1. The van der Waals surface area contributed by atoms with Crippen LogP contribution < -0.4 is 16.4 Å². The van der Waals surface area contributed by atoms with Gasteiger partial charge in [0.1, 0.15) is 36.3 Å². The predicted molar refractivity (Wildman–Crippen MR) is 260 cm³/mol. The number of hydrogen-bond acceptors (Lipinski definition) is 22. The normalized spacial score (nSPS) is 21.1. The van der Waals surface area contributed by atoms with Gasteiger partial charge < -0.3 is 56.2 Å². The molecule has 2 amide bonds. The molecule has 420 valence electrons. The van der Waals surface area contributed by atoms with E-state index >= 15 is 0 Å². The first-order valence-electron chi connectivity index (χ1n) is 23.7. The fraction of sp³-hybridized carbons (Fsp3) is 0.805. The number of nitrogens with one attached hydrogen (secondary N) is 2. The third kappa shape index (κ3) is 22.1. The zero-order valence-corrected chi connectivity index (χ0v) is 45.5. The Kier molecular flexibility index (Phi) is 25.9. The number of thioether (sulfide) groups is 1. The van der Waals surface area contributed by atoms with Gasteiger partial charge in [-0.15, -0.1) is 14.0 Å². The highest BCUT2D eigenvalue weighted by atomic mass is 32.2. The van der Waals surface area contributed by atoms with Crippen LogP contribution in [0, 0.1) is 29.1 Å². The maximum atomic E-state index is 12.7. The van der Waals surface area contributed by atoms with E-state index in [0.717, 1.165) is 73.9 Å². The van der Waals surface area contributed by atoms with Crippen molar-refractivity contribution in [1.29, 1.82) is 0 Å². The van der Waals surface area contributed by atoms with Crippen molar-refractivity contribution in [2.24, 2.45) is 29.1 Å². The van der Waals surface area contributed by atoms with Gasteiger partial charge in [-0.3, -0.25) is 32.9 Å². The average Bonchev–Trinajstić information content (AvgIpc) is 3.85. The maximum Gasteiger partial charge on any atom is 0.527 e. The van der Waals surface area contributed by atoms with Crippen LogP contribution in [0.15, 0.2) is 12.7 Å². The predicted octanol–water partition coefficient (Wildman–Crippen LogP) is 3.63. The quantitative estimate of drug-likeness (QED) is 0.0154. The van der Waals surface area contributed by atoms with Gasteiger partial charge >= 0.3 is 29.4 Å². The SMILES string of the molecule is CC(C)CCC[C@@H](C)CCC[C@H](C)CCC[C@H](C)CC(=O)SCCNC(=O)CCNC(=O)[C@@H](O)C(C)(C)C(O)(O)OOP(=O)(O)OOP(=O)(O)OC[C@@H]1O[C@@H](n2cnc3c(N)ncnc32)[C@H](O)C1OP(=O)(O)O. The van der Waals surface area contributed by atoms with Gasteiger partial charge in [0, 0.05) is 31.7 Å². The van der Waals surface area contributed by atoms with E-state index in [4.69, 9.17) is 10.5 Å². The molecule has 1 aliphatic rings. The summed E-state index contributed by atoms with van der Waals surface area (Å²) in [5.41, 5.74) is 3.31. The zero-order chi connectivity index (χ0) is 55.0. The second kappa shape index (κ2) is 29.2. The minimum Gasteiger partial charge on any atom is -0.386 e. The van der Waals surface area contributed by atoms with Crippen molar-refractivity contribution in [2.45, 2.75) is 156 Å². The summed E-state index contributed by atoms with van der Waals surface area (Å²) in [5.74, 6) is -2.89. The third-order valence-corrected chi connectivity index (χ3v) is 14.8. The molecule has 0 saturated carbocycles. The summed E-state index contributed by atoms with van der Waals surface area (Å²) >= 11 is 1.12. The van der Waals surface area contributed by atoms with Crippen molar-refractivity contribution in [1.82, 2.24) is 30.2 Å². The van der Waals surface area contributed by atoms with Crippen molar-refractivity contribution in [2.75, 3.05) is 31.2 Å². The van der Waals surface area contributed by atoms with Gasteiger partial charge in [-0.05, 0) is 37.5 Å². The lowest BCUT2D eigenvalue weighted by Gasteiger charge is -2.38. The molecule has 32 heteroatoms. The number of carbonyl (C=O) groups excluding carboxylic acids is 3. The first kappa shape index (κ1) is 64.7. The third-order valence-electron chi connectivity index (χ3n) is 12.0. The Morgan fingerprint density at radius 2 is 1.44 bits per heavy atom. The molecule has 2 aromatic rings. The Hall–Kier alpha value is -2.60. The number of phosphoric ester groups is 2. The first-order chi connectivity index (χ1) is 33.8. The molecule has 10 atom stereocenters. The number of carbonyl (C=O) groups is 3. The van der Waals surface area contributed by atoms with Crippen LogP contribution in [0.2, 0.25) is 0 Å². The number of fused-ring (bicyclic) bond motifs is 1. The second-order valence-corrected chi connectivity index (χ2v) is 24.2. The van der Waals surface area contributed by atoms with Crippen LogP contribution in [0.1, 0.15) is 125 Å². The van der Waals surface area contributed by atoms with Crippen LogP contribution in [0.3, 0.4) is 0 Å². The van der Waals surface area contributed by atoms with Gasteiger partial charge in [-0.1, -0.05) is 104 Å². The largest absolute Gasteiger partial charge is 0.527 e. The van der Waals surface area contributed by atoms with E-state index in [-0.39, 0.29) is 47.5 Å². The molecule has 0 aromatic carbocycles. The number of ether oxygens (including phenoxy) is 1. The highest BCUT2D eigenvalue weighted by molar-refractivity contribution is 8.13. The number of rotatable bonds is 35. The van der Waals surface area contributed by atoms with Gasteiger partial charge in [0.15, 0.2) is 22.8 Å². The molecule has 0 aliphatic carbocycles. The minimum atomic E-state index is -5.90. The Bertz CT molecular complexity index is 2220. The van der Waals surface area contributed by atoms with Crippen LogP contribution in [-0.4, -0.2) is 132 Å². The fourth-order valence-electron chi connectivity index (χ4n) is 7.50. The van der Waals surface area contributed by atoms with Gasteiger partial charge in [0.05, 0.1) is 18.3 Å². The van der Waals surface area contributed by atoms with Crippen LogP contribution in [0.4, 0.5) is 5.82 Å². The molecular weight excluding hydrogens is 1050 g/mol. The van der Waals surface area contributed by atoms with Gasteiger partial charge in [0.25, 0.3) is 0 Å². The van der Waals surface area contributed by atoms with Crippen molar-refractivity contribution in [3.8, 4) is 0 Å². The number of aliphatic hydroxyl groups is 4. The van der Waals surface area contributed by atoms with Crippen molar-refractivity contribution in [3.05, 3.63) is 12.7 Å². The highest BCUT2D eigenvalue weighted by Gasteiger charge is 2.54. The number of aromatic nitrogens is 4. The molecule has 12 N–H and O–H groups in total. The maximum absolute atomic E-state index is 12.7. The first-order valence-corrected chi connectivity index (χ1v) is 29.2. The van der Waals surface area contributed by atoms with Crippen molar-refractivity contribution >= 4 is 69.1 Å². The summed E-state index contributed by atoms with van der Waals surface area (Å²) in [6, 6.07) is 0. The van der Waals surface area contributed by atoms with E-state index in [2.05, 4.69) is 88.2 Å². The topological polar surface area (TPSA) is 423 Å². The zero-order valence-electron chi connectivity index (χ0n) is 42.0. The van der Waals surface area contributed by atoms with E-state index in [1.165, 1.54) is 38.5 Å². The summed E-state index contributed by atoms with van der Waals surface area (Å²) in [6.45, 7) is 11.6. The summed E-state index contributed by atoms with van der Waals surface area (Å²) in [7, 11) is -16.9. The lowest BCUT2D eigenvalue weighted by atomic mass is 9.83. The van der Waals surface area contributed by atoms with Crippen molar-refractivity contribution < 1.29 is 101 Å². The van der Waals surface area contributed by atoms with E-state index in [1.54, 1.807) is 0 Å². The lowest BCUT2D eigenvalue weighted by molar-refractivity contribution is -0.496. The molecule has 0 bridgehead atoms. The molecule has 0 radical (unpaired) electrons. The molecule has 3 unspecified atom stereocenters. The number of phosphoric acid groups is 3. The monoisotopic (exact) mass is 1130 g/mol. The summed E-state index contributed by atoms with van der Waals surface area (Å²) in [5, 5.41) is 47.4. The molecule has 73 heavy (non-hydrogen) atoms. The molecule has 2 aromatic heterocycles. The van der Waals surface area contributed by atoms with E-state index in [9.17, 15) is 68.1 Å². The van der Waals surface area contributed by atoms with Crippen LogP contribution in [-0.2, 0) is 60.8 Å². The number of amides is 2. The number of aliphatic hydroxyl groups excluding tert-OH is 2. The standard InChI is InChI=1S/C41H74N7O21P3S/c1-25(2)11-8-12-26(3)13-9-14-27(4)15-10-16-28(5)21-31(50)73-20-19-43-30(49)17-18-44-38(53)35(52)40(6,7)41(54,55)66-67-72(61,62)69-68-71(59,60)63-22-29-34(65-70(56,57)58)33(51)39(64-29)48-24-47-32-36(42)45-23-46-37(32)48/h23-29,33-35,39,51-52,54-55H,8-22H2,1-7H3,(H,43,49)(H,44,53)(H,59,60)(H,61,62)(H2,42,45,46)(H2,56,57,58)/t26-,27+,28+,29+,33-,34?,35-,39-/m1/s1. The molecule has 3 rings (SSSR count). The molecule has 28 nitrogen and oxygen atoms in total. The van der Waals surface area contributed by atoms with E-state index in [1.807, 2.05) is 0 Å². The minimum absolute atomic E-state index is 0.00737. The van der Waals surface area contributed by atoms with Crippen LogP contribution in [0.5, 0.6) is 0 Å². The molecular formula is C41H74N7O21P3S. The van der Waals surface area contributed by atoms with Gasteiger partial charge in [-0.25, -0.2) is 28.6 Å². The number of imidazole rings is 1. The number of nitrogen functional groups attached to an aromatic ring is 1. The molecule has 0 spiro atoms. The van der Waals surface area contributed by atoms with Gasteiger partial charge in [-0.2, -0.15) is 4.89 Å².